The number of nitrogens with one attached hydrogen (secondary N) is 3. The molecule has 0 saturated heterocycles. The Balaban J connectivity index is 1.52. The number of ketones is 1. The zero-order valence-corrected chi connectivity index (χ0v) is 18.1. The monoisotopic (exact) mass is 434 g/mol. The second-order valence-corrected chi connectivity index (χ2v) is 8.04. The molecular formula is C23H26N6O3. The number of benzene rings is 1. The third kappa shape index (κ3) is 4.32. The van der Waals surface area contributed by atoms with Crippen LogP contribution in [0.3, 0.4) is 0 Å². The zero-order chi connectivity index (χ0) is 22.7. The second-order valence-electron chi connectivity index (χ2n) is 8.04. The zero-order valence-electron chi connectivity index (χ0n) is 18.1. The van der Waals surface area contributed by atoms with Crippen molar-refractivity contribution in [1.82, 2.24) is 25.3 Å². The van der Waals surface area contributed by atoms with Crippen LogP contribution >= 0.6 is 0 Å². The van der Waals surface area contributed by atoms with Crippen molar-refractivity contribution in [1.29, 1.82) is 0 Å². The first-order valence-electron chi connectivity index (χ1n) is 10.7. The van der Waals surface area contributed by atoms with Crippen molar-refractivity contribution in [2.45, 2.75) is 25.7 Å². The van der Waals surface area contributed by atoms with Crippen LogP contribution in [-0.2, 0) is 11.8 Å². The second kappa shape index (κ2) is 9.17. The van der Waals surface area contributed by atoms with Crippen LogP contribution in [0.4, 0.5) is 5.69 Å². The highest BCUT2D eigenvalue weighted by Crippen LogP contribution is 2.34. The van der Waals surface area contributed by atoms with E-state index >= 15 is 0 Å². The molecule has 4 rings (SSSR count). The SMILES string of the molecule is CNC(=O)c1nn(C)cc1NC(=O)[C@@H]1CCCC[C@H]1C(=O)c1ccc(-c2ccn[nH]2)cc1. The minimum Gasteiger partial charge on any atom is -0.354 e. The molecule has 2 heterocycles. The predicted octanol–water partition coefficient (Wildman–Crippen LogP) is 2.80. The van der Waals surface area contributed by atoms with Gasteiger partial charge in [0.25, 0.3) is 5.91 Å². The normalized spacial score (nSPS) is 18.2. The quantitative estimate of drug-likeness (QED) is 0.515. The van der Waals surface area contributed by atoms with Crippen molar-refractivity contribution in [3.63, 3.8) is 0 Å². The molecule has 9 nitrogen and oxygen atoms in total. The Hall–Kier alpha value is -3.75. The number of H-pyrrole nitrogens is 1. The van der Waals surface area contributed by atoms with E-state index in [1.54, 1.807) is 31.6 Å². The van der Waals surface area contributed by atoms with Gasteiger partial charge in [0.2, 0.25) is 5.91 Å². The average molecular weight is 435 g/mol. The molecule has 0 unspecified atom stereocenters. The van der Waals surface area contributed by atoms with Crippen molar-refractivity contribution in [3.05, 3.63) is 54.0 Å². The van der Waals surface area contributed by atoms with Crippen molar-refractivity contribution in [2.75, 3.05) is 12.4 Å². The molecule has 1 fully saturated rings. The smallest absolute Gasteiger partial charge is 0.273 e. The number of aromatic amines is 1. The van der Waals surface area contributed by atoms with E-state index in [-0.39, 0.29) is 23.3 Å². The van der Waals surface area contributed by atoms with Crippen LogP contribution in [0.5, 0.6) is 0 Å². The number of aromatic nitrogens is 4. The summed E-state index contributed by atoms with van der Waals surface area (Å²) in [7, 11) is 3.19. The predicted molar refractivity (Wildman–Crippen MR) is 119 cm³/mol. The first-order valence-corrected chi connectivity index (χ1v) is 10.7. The van der Waals surface area contributed by atoms with Gasteiger partial charge in [-0.1, -0.05) is 37.1 Å². The fourth-order valence-electron chi connectivity index (χ4n) is 4.29. The molecule has 1 aliphatic rings. The maximum atomic E-state index is 13.3. The number of anilines is 1. The molecule has 0 radical (unpaired) electrons. The number of carbonyl (C=O) groups excluding carboxylic acids is 3. The molecule has 1 saturated carbocycles. The Bertz CT molecular complexity index is 1120. The van der Waals surface area contributed by atoms with Crippen LogP contribution in [0.25, 0.3) is 11.3 Å². The van der Waals surface area contributed by atoms with Crippen LogP contribution in [0.2, 0.25) is 0 Å². The first-order chi connectivity index (χ1) is 15.5. The molecule has 32 heavy (non-hydrogen) atoms. The molecule has 0 aliphatic heterocycles. The topological polar surface area (TPSA) is 122 Å². The number of carbonyl (C=O) groups is 3. The maximum absolute atomic E-state index is 13.3. The van der Waals surface area contributed by atoms with E-state index in [1.807, 2.05) is 18.2 Å². The summed E-state index contributed by atoms with van der Waals surface area (Å²) < 4.78 is 1.48. The van der Waals surface area contributed by atoms with Gasteiger partial charge in [-0.2, -0.15) is 10.2 Å². The van der Waals surface area contributed by atoms with Crippen LogP contribution in [0, 0.1) is 11.8 Å². The van der Waals surface area contributed by atoms with E-state index in [0.717, 1.165) is 24.1 Å². The molecule has 0 spiro atoms. The van der Waals surface area contributed by atoms with Gasteiger partial charge in [0.1, 0.15) is 0 Å². The molecule has 1 aromatic carbocycles. The van der Waals surface area contributed by atoms with Crippen molar-refractivity contribution >= 4 is 23.3 Å². The minimum absolute atomic E-state index is 0.0290. The summed E-state index contributed by atoms with van der Waals surface area (Å²) in [6, 6.07) is 9.22. The Kier molecular flexibility index (Phi) is 6.16. The first kappa shape index (κ1) is 21.5. The Morgan fingerprint density at radius 1 is 1.06 bits per heavy atom. The van der Waals surface area contributed by atoms with Crippen LogP contribution < -0.4 is 10.6 Å². The van der Waals surface area contributed by atoms with Gasteiger partial charge in [-0.25, -0.2) is 0 Å². The summed E-state index contributed by atoms with van der Waals surface area (Å²) in [6.07, 6.45) is 6.35. The van der Waals surface area contributed by atoms with Gasteiger partial charge in [-0.3, -0.25) is 24.2 Å². The van der Waals surface area contributed by atoms with Gasteiger partial charge in [0.05, 0.1) is 11.4 Å². The third-order valence-electron chi connectivity index (χ3n) is 5.95. The lowest BCUT2D eigenvalue weighted by atomic mass is 9.75. The van der Waals surface area contributed by atoms with Gasteiger partial charge in [-0.05, 0) is 24.5 Å². The van der Waals surface area contributed by atoms with E-state index in [9.17, 15) is 14.4 Å². The molecule has 3 aromatic rings. The molecule has 2 amide bonds. The van der Waals surface area contributed by atoms with Crippen LogP contribution in [0.1, 0.15) is 46.5 Å². The molecule has 1 aliphatic carbocycles. The van der Waals surface area contributed by atoms with E-state index in [0.29, 0.717) is 24.1 Å². The third-order valence-corrected chi connectivity index (χ3v) is 5.95. The summed E-state index contributed by atoms with van der Waals surface area (Å²) >= 11 is 0. The summed E-state index contributed by atoms with van der Waals surface area (Å²) in [5.41, 5.74) is 2.90. The lowest BCUT2D eigenvalue weighted by Gasteiger charge is -2.29. The standard InChI is InChI=1S/C23H26N6O3/c1-24-23(32)20-19(13-29(2)28-20)26-22(31)17-6-4-3-5-16(17)21(30)15-9-7-14(8-10-15)18-11-12-25-27-18/h7-13,16-17H,3-6H2,1-2H3,(H,24,32)(H,25,27)(H,26,31)/t16-,17-/m1/s1. The molecule has 2 aromatic heterocycles. The lowest BCUT2D eigenvalue weighted by molar-refractivity contribution is -0.122. The highest BCUT2D eigenvalue weighted by molar-refractivity contribution is 6.05. The molecule has 2 atom stereocenters. The lowest BCUT2D eigenvalue weighted by Crippen LogP contribution is -2.36. The number of amides is 2. The number of nitrogens with zero attached hydrogens (tertiary/aromatic N) is 3. The van der Waals surface area contributed by atoms with E-state index in [1.165, 1.54) is 11.7 Å². The van der Waals surface area contributed by atoms with Crippen molar-refractivity contribution in [3.8, 4) is 11.3 Å². The summed E-state index contributed by atoms with van der Waals surface area (Å²) in [5, 5.41) is 16.3. The van der Waals surface area contributed by atoms with E-state index in [4.69, 9.17) is 0 Å². The van der Waals surface area contributed by atoms with Crippen molar-refractivity contribution < 1.29 is 14.4 Å². The summed E-state index contributed by atoms with van der Waals surface area (Å²) in [5.74, 6) is -1.52. The molecule has 0 bridgehead atoms. The minimum atomic E-state index is -0.457. The average Bonchev–Trinajstić information content (AvgIpc) is 3.48. The van der Waals surface area contributed by atoms with E-state index in [2.05, 4.69) is 25.9 Å². The van der Waals surface area contributed by atoms with E-state index < -0.39 is 11.8 Å². The Morgan fingerprint density at radius 3 is 2.44 bits per heavy atom. The van der Waals surface area contributed by atoms with Crippen LogP contribution in [0.15, 0.2) is 42.7 Å². The number of aryl methyl sites for hydroxylation is 1. The molecule has 3 N–H and O–H groups in total. The molecule has 9 heteroatoms. The van der Waals surface area contributed by atoms with Gasteiger partial charge < -0.3 is 10.6 Å². The van der Waals surface area contributed by atoms with Crippen LogP contribution in [-0.4, -0.2) is 44.6 Å². The number of Topliss-reactive ketones (excluding diaryl/α,β-unsaturated/α-hetero) is 1. The Labute approximate surface area is 185 Å². The number of hydrogen-bond donors (Lipinski definition) is 3. The number of hydrogen-bond acceptors (Lipinski definition) is 5. The molecular weight excluding hydrogens is 408 g/mol. The summed E-state index contributed by atoms with van der Waals surface area (Å²) in [6.45, 7) is 0. The molecule has 166 valence electrons. The number of rotatable bonds is 6. The largest absolute Gasteiger partial charge is 0.354 e. The fraction of sp³-hybridized carbons (Fsp3) is 0.348. The Morgan fingerprint density at radius 2 is 1.78 bits per heavy atom. The summed E-state index contributed by atoms with van der Waals surface area (Å²) in [4.78, 5) is 38.5. The van der Waals surface area contributed by atoms with Gasteiger partial charge >= 0.3 is 0 Å². The maximum Gasteiger partial charge on any atom is 0.273 e. The van der Waals surface area contributed by atoms with Crippen molar-refractivity contribution in [2.24, 2.45) is 18.9 Å². The van der Waals surface area contributed by atoms with Gasteiger partial charge in [0, 0.05) is 43.9 Å². The van der Waals surface area contributed by atoms with Gasteiger partial charge in [-0.15, -0.1) is 0 Å². The highest BCUT2D eigenvalue weighted by atomic mass is 16.2. The van der Waals surface area contributed by atoms with Gasteiger partial charge in [0.15, 0.2) is 11.5 Å². The fourth-order valence-corrected chi connectivity index (χ4v) is 4.29. The highest BCUT2D eigenvalue weighted by Gasteiger charge is 2.36.